The van der Waals surface area contributed by atoms with Gasteiger partial charge in [-0.3, -0.25) is 9.59 Å². The first-order chi connectivity index (χ1) is 12.1. The van der Waals surface area contributed by atoms with Crippen LogP contribution in [0.1, 0.15) is 47.7 Å². The fourth-order valence-corrected chi connectivity index (χ4v) is 3.99. The van der Waals surface area contributed by atoms with E-state index in [2.05, 4.69) is 10.3 Å². The Labute approximate surface area is 149 Å². The third-order valence-corrected chi connectivity index (χ3v) is 5.47. The monoisotopic (exact) mass is 357 g/mol. The van der Waals surface area contributed by atoms with E-state index in [9.17, 15) is 14.7 Å². The number of thiazole rings is 1. The highest BCUT2D eigenvalue weighted by molar-refractivity contribution is 7.13. The number of hydrogen-bond donors (Lipinski definition) is 2. The van der Waals surface area contributed by atoms with Crippen molar-refractivity contribution < 1.29 is 14.7 Å². The molecule has 0 spiro atoms. The first-order valence-electron chi connectivity index (χ1n) is 8.49. The van der Waals surface area contributed by atoms with Crippen molar-refractivity contribution in [3.63, 3.8) is 0 Å². The molecule has 2 amide bonds. The van der Waals surface area contributed by atoms with Crippen LogP contribution in [0.25, 0.3) is 0 Å². The van der Waals surface area contributed by atoms with Gasteiger partial charge in [-0.1, -0.05) is 12.1 Å². The van der Waals surface area contributed by atoms with E-state index in [4.69, 9.17) is 0 Å². The van der Waals surface area contributed by atoms with Gasteiger partial charge in [0.05, 0.1) is 11.3 Å². The molecule has 1 aliphatic heterocycles. The number of phenols is 1. The highest BCUT2D eigenvalue weighted by Crippen LogP contribution is 2.41. The van der Waals surface area contributed by atoms with E-state index in [0.29, 0.717) is 24.0 Å². The number of carbonyl (C=O) groups excluding carboxylic acids is 2. The molecule has 130 valence electrons. The number of anilines is 1. The van der Waals surface area contributed by atoms with E-state index in [1.165, 1.54) is 30.2 Å². The molecule has 2 heterocycles. The molecule has 2 aromatic rings. The quantitative estimate of drug-likeness (QED) is 0.881. The molecule has 6 nitrogen and oxygen atoms in total. The van der Waals surface area contributed by atoms with Gasteiger partial charge in [-0.05, 0) is 37.8 Å². The minimum atomic E-state index is -0.527. The molecule has 1 saturated carbocycles. The minimum absolute atomic E-state index is 0.0624. The number of aromatic nitrogens is 1. The van der Waals surface area contributed by atoms with Crippen LogP contribution in [0, 0.1) is 0 Å². The SMILES string of the molecule is O=C(Nc1nc(C2CC2)cs1)C1CCCN1C(=O)c1ccccc1O. The summed E-state index contributed by atoms with van der Waals surface area (Å²) in [7, 11) is 0. The molecule has 4 rings (SSSR count). The van der Waals surface area contributed by atoms with Crippen molar-refractivity contribution >= 4 is 28.3 Å². The Morgan fingerprint density at radius 1 is 1.24 bits per heavy atom. The lowest BCUT2D eigenvalue weighted by Crippen LogP contribution is -2.43. The van der Waals surface area contributed by atoms with Crippen LogP contribution in [0.4, 0.5) is 5.13 Å². The number of rotatable bonds is 4. The summed E-state index contributed by atoms with van der Waals surface area (Å²) >= 11 is 1.43. The lowest BCUT2D eigenvalue weighted by Gasteiger charge is -2.23. The fraction of sp³-hybridized carbons (Fsp3) is 0.389. The largest absolute Gasteiger partial charge is 0.507 e. The van der Waals surface area contributed by atoms with Crippen molar-refractivity contribution in [2.75, 3.05) is 11.9 Å². The lowest BCUT2D eigenvalue weighted by atomic mass is 10.1. The number of amides is 2. The standard InChI is InChI=1S/C18H19N3O3S/c22-15-6-2-1-4-12(15)17(24)21-9-3-5-14(21)16(23)20-18-19-13(10-25-18)11-7-8-11/h1-2,4,6,10-11,14,22H,3,5,7-9H2,(H,19,20,23). The van der Waals surface area contributed by atoms with Crippen molar-refractivity contribution in [1.82, 2.24) is 9.88 Å². The van der Waals surface area contributed by atoms with Crippen molar-refractivity contribution in [3.8, 4) is 5.75 Å². The maximum Gasteiger partial charge on any atom is 0.258 e. The zero-order valence-electron chi connectivity index (χ0n) is 13.6. The molecule has 25 heavy (non-hydrogen) atoms. The summed E-state index contributed by atoms with van der Waals surface area (Å²) in [5, 5.41) is 15.3. The molecule has 7 heteroatoms. The second-order valence-electron chi connectivity index (χ2n) is 6.51. The van der Waals surface area contributed by atoms with E-state index < -0.39 is 6.04 Å². The van der Waals surface area contributed by atoms with Gasteiger partial charge in [-0.2, -0.15) is 0 Å². The Balaban J connectivity index is 1.47. The van der Waals surface area contributed by atoms with E-state index in [-0.39, 0.29) is 23.1 Å². The summed E-state index contributed by atoms with van der Waals surface area (Å²) in [4.78, 5) is 31.4. The number of carbonyl (C=O) groups is 2. The minimum Gasteiger partial charge on any atom is -0.507 e. The van der Waals surface area contributed by atoms with E-state index in [1.807, 2.05) is 5.38 Å². The summed E-state index contributed by atoms with van der Waals surface area (Å²) in [5.41, 5.74) is 1.28. The molecule has 0 bridgehead atoms. The van der Waals surface area contributed by atoms with Crippen LogP contribution in [0.5, 0.6) is 5.75 Å². The van der Waals surface area contributed by atoms with Gasteiger partial charge in [0.25, 0.3) is 5.91 Å². The third-order valence-electron chi connectivity index (χ3n) is 4.70. The normalized spacial score (nSPS) is 19.8. The highest BCUT2D eigenvalue weighted by atomic mass is 32.1. The van der Waals surface area contributed by atoms with Gasteiger partial charge in [-0.25, -0.2) is 4.98 Å². The zero-order valence-corrected chi connectivity index (χ0v) is 14.5. The molecular weight excluding hydrogens is 338 g/mol. The molecular formula is C18H19N3O3S. The van der Waals surface area contributed by atoms with E-state index in [1.54, 1.807) is 23.1 Å². The van der Waals surface area contributed by atoms with Gasteiger partial charge in [0, 0.05) is 17.8 Å². The van der Waals surface area contributed by atoms with Crippen molar-refractivity contribution in [1.29, 1.82) is 0 Å². The topological polar surface area (TPSA) is 82.5 Å². The Bertz CT molecular complexity index is 815. The van der Waals surface area contributed by atoms with Gasteiger partial charge in [0.2, 0.25) is 5.91 Å². The van der Waals surface area contributed by atoms with Gasteiger partial charge >= 0.3 is 0 Å². The molecule has 1 unspecified atom stereocenters. The van der Waals surface area contributed by atoms with Crippen molar-refractivity contribution in [2.45, 2.75) is 37.6 Å². The first kappa shape index (κ1) is 16.1. The summed E-state index contributed by atoms with van der Waals surface area (Å²) < 4.78 is 0. The Kier molecular flexibility index (Phi) is 4.17. The molecule has 1 aromatic heterocycles. The van der Waals surface area contributed by atoms with Crippen LogP contribution in [0.2, 0.25) is 0 Å². The number of likely N-dealkylation sites (tertiary alicyclic amines) is 1. The number of nitrogens with one attached hydrogen (secondary N) is 1. The summed E-state index contributed by atoms with van der Waals surface area (Å²) in [5.74, 6) is -0.0356. The van der Waals surface area contributed by atoms with Crippen molar-refractivity contribution in [3.05, 3.63) is 40.9 Å². The highest BCUT2D eigenvalue weighted by Gasteiger charge is 2.36. The van der Waals surface area contributed by atoms with Crippen LogP contribution < -0.4 is 5.32 Å². The van der Waals surface area contributed by atoms with Crippen LogP contribution in [-0.2, 0) is 4.79 Å². The fourth-order valence-electron chi connectivity index (χ4n) is 3.19. The number of benzene rings is 1. The molecule has 1 atom stereocenters. The zero-order chi connectivity index (χ0) is 17.4. The van der Waals surface area contributed by atoms with Crippen LogP contribution in [0.3, 0.4) is 0 Å². The maximum atomic E-state index is 12.7. The van der Waals surface area contributed by atoms with Gasteiger partial charge in [-0.15, -0.1) is 11.3 Å². The smallest absolute Gasteiger partial charge is 0.258 e. The van der Waals surface area contributed by atoms with Crippen LogP contribution in [0.15, 0.2) is 29.6 Å². The molecule has 2 aliphatic rings. The van der Waals surface area contributed by atoms with Crippen LogP contribution in [-0.4, -0.2) is 39.4 Å². The van der Waals surface area contributed by atoms with Gasteiger partial charge in [0.15, 0.2) is 5.13 Å². The van der Waals surface area contributed by atoms with Gasteiger partial charge in [0.1, 0.15) is 11.8 Å². The Morgan fingerprint density at radius 3 is 2.80 bits per heavy atom. The Hall–Kier alpha value is -2.41. The summed E-state index contributed by atoms with van der Waals surface area (Å²) in [6.07, 6.45) is 3.72. The molecule has 0 radical (unpaired) electrons. The second-order valence-corrected chi connectivity index (χ2v) is 7.37. The number of para-hydroxylation sites is 1. The predicted molar refractivity (Wildman–Crippen MR) is 94.9 cm³/mol. The third kappa shape index (κ3) is 3.24. The predicted octanol–water partition coefficient (Wildman–Crippen LogP) is 2.97. The molecule has 1 saturated heterocycles. The van der Waals surface area contributed by atoms with E-state index >= 15 is 0 Å². The first-order valence-corrected chi connectivity index (χ1v) is 9.36. The van der Waals surface area contributed by atoms with E-state index in [0.717, 1.165) is 12.1 Å². The van der Waals surface area contributed by atoms with Crippen molar-refractivity contribution in [2.24, 2.45) is 0 Å². The number of phenolic OH excluding ortho intramolecular Hbond substituents is 1. The summed E-state index contributed by atoms with van der Waals surface area (Å²) in [6.45, 7) is 0.510. The Morgan fingerprint density at radius 2 is 2.04 bits per heavy atom. The number of aromatic hydroxyl groups is 1. The number of nitrogens with zero attached hydrogens (tertiary/aromatic N) is 2. The molecule has 1 aromatic carbocycles. The average molecular weight is 357 g/mol. The second kappa shape index (κ2) is 6.48. The summed E-state index contributed by atoms with van der Waals surface area (Å²) in [6, 6.07) is 5.90. The van der Waals surface area contributed by atoms with Gasteiger partial charge < -0.3 is 15.3 Å². The average Bonchev–Trinajstić information content (AvgIpc) is 3.16. The molecule has 1 aliphatic carbocycles. The molecule has 2 fully saturated rings. The maximum absolute atomic E-state index is 12.7. The number of hydrogen-bond acceptors (Lipinski definition) is 5. The van der Waals surface area contributed by atoms with Crippen LogP contribution >= 0.6 is 11.3 Å². The lowest BCUT2D eigenvalue weighted by molar-refractivity contribution is -0.119. The molecule has 2 N–H and O–H groups in total.